The quantitative estimate of drug-likeness (QED) is 0.878. The van der Waals surface area contributed by atoms with E-state index in [2.05, 4.69) is 5.32 Å². The minimum absolute atomic E-state index is 0.229. The highest BCUT2D eigenvalue weighted by Gasteiger charge is 2.25. The number of carboxylic acid groups (broad SMARTS) is 1. The van der Waals surface area contributed by atoms with E-state index in [1.165, 1.54) is 11.3 Å². The lowest BCUT2D eigenvalue weighted by molar-refractivity contribution is -0.139. The summed E-state index contributed by atoms with van der Waals surface area (Å²) in [6.07, 6.45) is 4.72. The molecule has 0 saturated carbocycles. The molecular formula is C15H21NO3S. The van der Waals surface area contributed by atoms with Gasteiger partial charge >= 0.3 is 5.97 Å². The molecule has 2 N–H and O–H groups in total. The highest BCUT2D eigenvalue weighted by Crippen LogP contribution is 2.30. The Morgan fingerprint density at radius 1 is 1.35 bits per heavy atom. The highest BCUT2D eigenvalue weighted by molar-refractivity contribution is 7.10. The third-order valence-electron chi connectivity index (χ3n) is 3.62. The monoisotopic (exact) mass is 295 g/mol. The molecule has 0 aliphatic heterocycles. The average Bonchev–Trinajstić information content (AvgIpc) is 2.81. The summed E-state index contributed by atoms with van der Waals surface area (Å²) in [6.45, 7) is 3.91. The zero-order valence-electron chi connectivity index (χ0n) is 11.9. The van der Waals surface area contributed by atoms with Gasteiger partial charge in [0.1, 0.15) is 6.04 Å². The van der Waals surface area contributed by atoms with Gasteiger partial charge in [-0.1, -0.05) is 13.8 Å². The number of carbonyl (C=O) groups is 2. The Bertz CT molecular complexity index is 507. The predicted molar refractivity (Wildman–Crippen MR) is 79.3 cm³/mol. The van der Waals surface area contributed by atoms with Gasteiger partial charge in [-0.05, 0) is 43.6 Å². The lowest BCUT2D eigenvalue weighted by Gasteiger charge is -2.17. The van der Waals surface area contributed by atoms with Gasteiger partial charge in [-0.25, -0.2) is 4.79 Å². The first kappa shape index (κ1) is 15.0. The van der Waals surface area contributed by atoms with Crippen molar-refractivity contribution in [3.05, 3.63) is 21.4 Å². The van der Waals surface area contributed by atoms with Crippen LogP contribution >= 0.6 is 11.3 Å². The maximum Gasteiger partial charge on any atom is 0.326 e. The molecule has 1 aliphatic rings. The molecule has 0 unspecified atom stereocenters. The molecule has 1 amide bonds. The molecule has 0 radical (unpaired) electrons. The van der Waals surface area contributed by atoms with E-state index in [-0.39, 0.29) is 11.8 Å². The van der Waals surface area contributed by atoms with Crippen LogP contribution in [0.25, 0.3) is 0 Å². The largest absolute Gasteiger partial charge is 0.480 e. The molecule has 110 valence electrons. The Kier molecular flexibility index (Phi) is 4.81. The van der Waals surface area contributed by atoms with Crippen molar-refractivity contribution in [2.75, 3.05) is 0 Å². The molecule has 0 aromatic carbocycles. The van der Waals surface area contributed by atoms with Crippen molar-refractivity contribution in [1.29, 1.82) is 0 Å². The lowest BCUT2D eigenvalue weighted by Crippen LogP contribution is -2.41. The van der Waals surface area contributed by atoms with Crippen molar-refractivity contribution < 1.29 is 14.7 Å². The van der Waals surface area contributed by atoms with Crippen LogP contribution in [0.1, 0.15) is 53.9 Å². The molecule has 20 heavy (non-hydrogen) atoms. The Labute approximate surface area is 123 Å². The van der Waals surface area contributed by atoms with E-state index in [0.29, 0.717) is 12.0 Å². The molecule has 4 nitrogen and oxygen atoms in total. The second-order valence-electron chi connectivity index (χ2n) is 5.75. The van der Waals surface area contributed by atoms with E-state index >= 15 is 0 Å². The van der Waals surface area contributed by atoms with Gasteiger partial charge in [0.2, 0.25) is 0 Å². The molecule has 1 aliphatic carbocycles. The molecule has 1 atom stereocenters. The summed E-state index contributed by atoms with van der Waals surface area (Å²) in [6, 6.07) is -0.804. The third-order valence-corrected chi connectivity index (χ3v) is 4.71. The number of carbonyl (C=O) groups excluding carboxylic acids is 1. The molecule has 1 aromatic rings. The first-order chi connectivity index (χ1) is 9.49. The first-order valence-corrected chi connectivity index (χ1v) is 8.00. The Morgan fingerprint density at radius 3 is 2.70 bits per heavy atom. The number of rotatable bonds is 5. The van der Waals surface area contributed by atoms with E-state index in [1.54, 1.807) is 11.3 Å². The minimum Gasteiger partial charge on any atom is -0.480 e. The summed E-state index contributed by atoms with van der Waals surface area (Å²) in [7, 11) is 0. The topological polar surface area (TPSA) is 66.4 Å². The maximum absolute atomic E-state index is 12.3. The van der Waals surface area contributed by atoms with E-state index in [9.17, 15) is 14.7 Å². The van der Waals surface area contributed by atoms with Crippen molar-refractivity contribution in [3.63, 3.8) is 0 Å². The molecule has 2 rings (SSSR count). The second-order valence-corrected chi connectivity index (χ2v) is 6.72. The van der Waals surface area contributed by atoms with Crippen LogP contribution in [0, 0.1) is 5.92 Å². The zero-order valence-corrected chi connectivity index (χ0v) is 12.8. The second kappa shape index (κ2) is 6.39. The molecule has 0 spiro atoms. The zero-order chi connectivity index (χ0) is 14.7. The molecule has 1 heterocycles. The van der Waals surface area contributed by atoms with Crippen molar-refractivity contribution in [1.82, 2.24) is 5.32 Å². The van der Waals surface area contributed by atoms with Crippen LogP contribution in [-0.4, -0.2) is 23.0 Å². The summed E-state index contributed by atoms with van der Waals surface area (Å²) < 4.78 is 0. The van der Waals surface area contributed by atoms with Gasteiger partial charge in [-0.15, -0.1) is 11.3 Å². The molecule has 0 bridgehead atoms. The molecule has 0 fully saturated rings. The normalized spacial score (nSPS) is 15.8. The Morgan fingerprint density at radius 2 is 2.05 bits per heavy atom. The predicted octanol–water partition coefficient (Wildman–Crippen LogP) is 2.86. The van der Waals surface area contributed by atoms with E-state index in [4.69, 9.17) is 0 Å². The summed E-state index contributed by atoms with van der Waals surface area (Å²) in [5.41, 5.74) is 1.81. The van der Waals surface area contributed by atoms with Crippen LogP contribution in [0.2, 0.25) is 0 Å². The highest BCUT2D eigenvalue weighted by atomic mass is 32.1. The van der Waals surface area contributed by atoms with Crippen LogP contribution in [0.5, 0.6) is 0 Å². The van der Waals surface area contributed by atoms with Gasteiger partial charge in [0.15, 0.2) is 0 Å². The maximum atomic E-state index is 12.3. The SMILES string of the molecule is CC(C)C[C@H](NC(=O)c1csc2c1CCCC2)C(=O)O. The van der Waals surface area contributed by atoms with Gasteiger partial charge < -0.3 is 10.4 Å². The summed E-state index contributed by atoms with van der Waals surface area (Å²) >= 11 is 1.62. The van der Waals surface area contributed by atoms with Gasteiger partial charge in [0.25, 0.3) is 5.91 Å². The number of aryl methyl sites for hydroxylation is 1. The third kappa shape index (κ3) is 3.39. The van der Waals surface area contributed by atoms with E-state index in [1.807, 2.05) is 19.2 Å². The standard InChI is InChI=1S/C15H21NO3S/c1-9(2)7-12(15(18)19)16-14(17)11-8-20-13-6-4-3-5-10(11)13/h8-9,12H,3-7H2,1-2H3,(H,16,17)(H,18,19)/t12-/m0/s1. The smallest absolute Gasteiger partial charge is 0.326 e. The number of carboxylic acids is 1. The number of amides is 1. The van der Waals surface area contributed by atoms with Crippen molar-refractivity contribution in [3.8, 4) is 0 Å². The number of hydrogen-bond donors (Lipinski definition) is 2. The fraction of sp³-hybridized carbons (Fsp3) is 0.600. The van der Waals surface area contributed by atoms with Crippen LogP contribution in [0.15, 0.2) is 5.38 Å². The summed E-state index contributed by atoms with van der Waals surface area (Å²) in [5, 5.41) is 13.7. The van der Waals surface area contributed by atoms with Gasteiger partial charge in [-0.2, -0.15) is 0 Å². The van der Waals surface area contributed by atoms with E-state index < -0.39 is 12.0 Å². The number of fused-ring (bicyclic) bond motifs is 1. The fourth-order valence-corrected chi connectivity index (χ4v) is 3.74. The van der Waals surface area contributed by atoms with Crippen LogP contribution in [0.4, 0.5) is 0 Å². The van der Waals surface area contributed by atoms with Crippen molar-refractivity contribution in [2.24, 2.45) is 5.92 Å². The number of thiophene rings is 1. The molecule has 1 aromatic heterocycles. The summed E-state index contributed by atoms with van der Waals surface area (Å²) in [5.74, 6) is -0.971. The van der Waals surface area contributed by atoms with Crippen LogP contribution < -0.4 is 5.32 Å². The number of nitrogens with one attached hydrogen (secondary N) is 1. The first-order valence-electron chi connectivity index (χ1n) is 7.12. The van der Waals surface area contributed by atoms with Gasteiger partial charge in [-0.3, -0.25) is 4.79 Å². The fourth-order valence-electron chi connectivity index (χ4n) is 2.61. The average molecular weight is 295 g/mol. The van der Waals surface area contributed by atoms with E-state index in [0.717, 1.165) is 24.8 Å². The number of aliphatic carboxylic acids is 1. The van der Waals surface area contributed by atoms with Crippen molar-refractivity contribution >= 4 is 23.2 Å². The molecular weight excluding hydrogens is 274 g/mol. The minimum atomic E-state index is -0.962. The molecule has 5 heteroatoms. The lowest BCUT2D eigenvalue weighted by atomic mass is 9.95. The van der Waals surface area contributed by atoms with Crippen LogP contribution in [0.3, 0.4) is 0 Å². The Hall–Kier alpha value is -1.36. The van der Waals surface area contributed by atoms with Gasteiger partial charge in [0.05, 0.1) is 5.56 Å². The Balaban J connectivity index is 2.10. The van der Waals surface area contributed by atoms with Crippen LogP contribution in [-0.2, 0) is 17.6 Å². The molecule has 0 saturated heterocycles. The summed E-state index contributed by atoms with van der Waals surface area (Å²) in [4.78, 5) is 24.8. The van der Waals surface area contributed by atoms with Gasteiger partial charge in [0, 0.05) is 10.3 Å². The number of hydrogen-bond acceptors (Lipinski definition) is 3. The van der Waals surface area contributed by atoms with Crippen molar-refractivity contribution in [2.45, 2.75) is 52.0 Å².